The Morgan fingerprint density at radius 1 is 1.17 bits per heavy atom. The summed E-state index contributed by atoms with van der Waals surface area (Å²) in [6, 6.07) is 8.55. The maximum absolute atomic E-state index is 15.3. The van der Waals surface area contributed by atoms with Gasteiger partial charge in [-0.25, -0.2) is 4.39 Å². The summed E-state index contributed by atoms with van der Waals surface area (Å²) in [5.41, 5.74) is 0.0621. The number of carbonyl (C=O) groups is 2. The lowest BCUT2D eigenvalue weighted by atomic mass is 10.0. The Hall–Kier alpha value is -2.67. The number of ether oxygens (including phenoxy) is 1. The van der Waals surface area contributed by atoms with Gasteiger partial charge in [0.05, 0.1) is 5.69 Å². The molecule has 10 heteroatoms. The Bertz CT molecular complexity index is 966. The molecule has 1 heterocycles. The van der Waals surface area contributed by atoms with Crippen LogP contribution in [0.4, 0.5) is 23.2 Å². The smallest absolute Gasteiger partial charge is 0.402 e. The van der Waals surface area contributed by atoms with E-state index in [2.05, 4.69) is 10.1 Å². The molecular weight excluding hydrogens is 423 g/mol. The van der Waals surface area contributed by atoms with Crippen molar-refractivity contribution in [1.82, 2.24) is 5.32 Å². The van der Waals surface area contributed by atoms with E-state index in [1.54, 1.807) is 24.3 Å². The SMILES string of the molecule is CP(C)c1ccccc1-c1ccc(N2CCC(NC=O)C2=O)c(F)c1OC(F)(F)F. The fourth-order valence-electron chi connectivity index (χ4n) is 3.43. The van der Waals surface area contributed by atoms with Crippen LogP contribution in [0.1, 0.15) is 6.42 Å². The van der Waals surface area contributed by atoms with Crippen molar-refractivity contribution in [3.63, 3.8) is 0 Å². The molecule has 0 bridgehead atoms. The number of hydrogen-bond acceptors (Lipinski definition) is 3. The van der Waals surface area contributed by atoms with Gasteiger partial charge >= 0.3 is 6.36 Å². The molecule has 1 unspecified atom stereocenters. The van der Waals surface area contributed by atoms with Crippen LogP contribution >= 0.6 is 7.92 Å². The number of alkyl halides is 3. The minimum Gasteiger partial charge on any atom is -0.402 e. The quantitative estimate of drug-likeness (QED) is 0.423. The Kier molecular flexibility index (Phi) is 6.31. The van der Waals surface area contributed by atoms with Crippen molar-refractivity contribution >= 4 is 31.2 Å². The fourth-order valence-corrected chi connectivity index (χ4v) is 4.49. The molecule has 160 valence electrons. The summed E-state index contributed by atoms with van der Waals surface area (Å²) in [4.78, 5) is 24.1. The van der Waals surface area contributed by atoms with Gasteiger partial charge in [0, 0.05) is 12.1 Å². The van der Waals surface area contributed by atoms with Crippen molar-refractivity contribution in [2.75, 3.05) is 24.8 Å². The first-order valence-electron chi connectivity index (χ1n) is 9.00. The monoisotopic (exact) mass is 442 g/mol. The van der Waals surface area contributed by atoms with Gasteiger partial charge < -0.3 is 15.0 Å². The molecule has 1 saturated heterocycles. The molecule has 2 aromatic carbocycles. The molecule has 1 aliphatic rings. The highest BCUT2D eigenvalue weighted by Gasteiger charge is 2.38. The zero-order valence-electron chi connectivity index (χ0n) is 16.2. The predicted molar refractivity (Wildman–Crippen MR) is 107 cm³/mol. The zero-order valence-corrected chi connectivity index (χ0v) is 17.1. The van der Waals surface area contributed by atoms with Gasteiger partial charge in [0.15, 0.2) is 11.6 Å². The molecule has 30 heavy (non-hydrogen) atoms. The van der Waals surface area contributed by atoms with Crippen molar-refractivity contribution in [3.05, 3.63) is 42.2 Å². The maximum Gasteiger partial charge on any atom is 0.573 e. The standard InChI is InChI=1S/C20H19F4N2O3P/c1-30(2)16-6-4-3-5-12(16)13-7-8-15(17(21)18(13)29-20(22,23)24)26-10-9-14(19(26)28)25-11-27/h3-8,11,14H,9-10H2,1-2H3,(H,25,27). The fraction of sp³-hybridized carbons (Fsp3) is 0.300. The molecule has 3 rings (SSSR count). The summed E-state index contributed by atoms with van der Waals surface area (Å²) >= 11 is 0. The lowest BCUT2D eigenvalue weighted by molar-refractivity contribution is -0.275. The van der Waals surface area contributed by atoms with E-state index in [-0.39, 0.29) is 24.2 Å². The molecule has 0 saturated carbocycles. The van der Waals surface area contributed by atoms with Crippen molar-refractivity contribution in [3.8, 4) is 16.9 Å². The predicted octanol–water partition coefficient (Wildman–Crippen LogP) is 3.61. The number of halogens is 4. The highest BCUT2D eigenvalue weighted by atomic mass is 31.1. The molecule has 0 aromatic heterocycles. The van der Waals surface area contributed by atoms with Gasteiger partial charge in [-0.05, 0) is 42.8 Å². The minimum absolute atomic E-state index is 0.0467. The topological polar surface area (TPSA) is 58.6 Å². The van der Waals surface area contributed by atoms with Gasteiger partial charge in [0.25, 0.3) is 0 Å². The highest BCUT2D eigenvalue weighted by Crippen LogP contribution is 2.42. The first kappa shape index (κ1) is 22.0. The Morgan fingerprint density at radius 3 is 2.50 bits per heavy atom. The van der Waals surface area contributed by atoms with E-state index in [9.17, 15) is 22.8 Å². The van der Waals surface area contributed by atoms with Crippen molar-refractivity contribution in [1.29, 1.82) is 0 Å². The maximum atomic E-state index is 15.3. The van der Waals surface area contributed by atoms with Gasteiger partial charge in [-0.2, -0.15) is 0 Å². The number of hydrogen-bond donors (Lipinski definition) is 1. The number of carbonyl (C=O) groups excluding carboxylic acids is 2. The Balaban J connectivity index is 2.14. The van der Waals surface area contributed by atoms with Crippen LogP contribution in [0.15, 0.2) is 36.4 Å². The van der Waals surface area contributed by atoms with Gasteiger partial charge in [-0.1, -0.05) is 32.2 Å². The first-order valence-corrected chi connectivity index (χ1v) is 11.2. The summed E-state index contributed by atoms with van der Waals surface area (Å²) in [5, 5.41) is 3.11. The molecule has 1 aliphatic heterocycles. The van der Waals surface area contributed by atoms with Crippen molar-refractivity contribution in [2.45, 2.75) is 18.8 Å². The van der Waals surface area contributed by atoms with Crippen molar-refractivity contribution < 1.29 is 31.9 Å². The number of rotatable bonds is 6. The van der Waals surface area contributed by atoms with E-state index in [0.717, 1.165) is 10.2 Å². The number of nitrogens with zero attached hydrogens (tertiary/aromatic N) is 1. The summed E-state index contributed by atoms with van der Waals surface area (Å²) in [7, 11) is -0.694. The van der Waals surface area contributed by atoms with Crippen LogP contribution in [0.25, 0.3) is 11.1 Å². The van der Waals surface area contributed by atoms with Crippen LogP contribution in [-0.4, -0.2) is 44.6 Å². The van der Waals surface area contributed by atoms with E-state index in [4.69, 9.17) is 0 Å². The number of nitrogens with one attached hydrogen (secondary N) is 1. The van der Waals surface area contributed by atoms with Crippen LogP contribution in [0.2, 0.25) is 0 Å². The van der Waals surface area contributed by atoms with E-state index < -0.39 is 37.8 Å². The Labute approximate surface area is 171 Å². The van der Waals surface area contributed by atoms with Gasteiger partial charge in [-0.15, -0.1) is 13.2 Å². The van der Waals surface area contributed by atoms with Crippen LogP contribution in [-0.2, 0) is 9.59 Å². The van der Waals surface area contributed by atoms with E-state index in [1.165, 1.54) is 12.1 Å². The summed E-state index contributed by atoms with van der Waals surface area (Å²) in [6.07, 6.45) is -4.55. The molecule has 5 nitrogen and oxygen atoms in total. The number of benzene rings is 2. The Morgan fingerprint density at radius 2 is 1.87 bits per heavy atom. The van der Waals surface area contributed by atoms with Gasteiger partial charge in [-0.3, -0.25) is 9.59 Å². The molecule has 0 radical (unpaired) electrons. The highest BCUT2D eigenvalue weighted by molar-refractivity contribution is 7.64. The molecule has 1 fully saturated rings. The average molecular weight is 442 g/mol. The van der Waals surface area contributed by atoms with Crippen LogP contribution in [0.3, 0.4) is 0 Å². The zero-order chi connectivity index (χ0) is 22.1. The van der Waals surface area contributed by atoms with Crippen molar-refractivity contribution in [2.24, 2.45) is 0 Å². The molecule has 2 amide bonds. The van der Waals surface area contributed by atoms with Crippen LogP contribution in [0.5, 0.6) is 5.75 Å². The summed E-state index contributed by atoms with van der Waals surface area (Å²) < 4.78 is 58.7. The van der Waals surface area contributed by atoms with E-state index >= 15 is 4.39 Å². The summed E-state index contributed by atoms with van der Waals surface area (Å²) in [5.74, 6) is -2.86. The third-order valence-corrected chi connectivity index (χ3v) is 6.09. The third kappa shape index (κ3) is 4.41. The van der Waals surface area contributed by atoms with Gasteiger partial charge in [0.2, 0.25) is 12.3 Å². The molecular formula is C20H19F4N2O3P. The second kappa shape index (κ2) is 8.60. The van der Waals surface area contributed by atoms with Crippen LogP contribution < -0.4 is 20.3 Å². The lowest BCUT2D eigenvalue weighted by Gasteiger charge is -2.22. The first-order chi connectivity index (χ1) is 14.1. The normalized spacial score (nSPS) is 16.8. The molecule has 0 spiro atoms. The largest absolute Gasteiger partial charge is 0.573 e. The minimum atomic E-state index is -5.12. The average Bonchev–Trinajstić information content (AvgIpc) is 3.03. The third-order valence-electron chi connectivity index (χ3n) is 4.74. The van der Waals surface area contributed by atoms with E-state index in [0.29, 0.717) is 12.0 Å². The molecule has 0 aliphatic carbocycles. The van der Waals surface area contributed by atoms with Crippen LogP contribution in [0, 0.1) is 5.82 Å². The van der Waals surface area contributed by atoms with E-state index in [1.807, 2.05) is 13.3 Å². The second-order valence-electron chi connectivity index (χ2n) is 6.85. The van der Waals surface area contributed by atoms with Gasteiger partial charge in [0.1, 0.15) is 6.04 Å². The number of anilines is 1. The number of amides is 2. The molecule has 2 aromatic rings. The lowest BCUT2D eigenvalue weighted by Crippen LogP contribution is -2.38. The molecule has 1 N–H and O–H groups in total. The summed E-state index contributed by atoms with van der Waals surface area (Å²) in [6.45, 7) is 3.93. The second-order valence-corrected chi connectivity index (χ2v) is 9.12. The molecule has 1 atom stereocenters.